The molecule has 0 radical (unpaired) electrons. The van der Waals surface area contributed by atoms with Crippen molar-refractivity contribution < 1.29 is 19.2 Å². The maximum absolute atomic E-state index is 12.7. The fourth-order valence-corrected chi connectivity index (χ4v) is 4.71. The quantitative estimate of drug-likeness (QED) is 0.582. The van der Waals surface area contributed by atoms with Crippen molar-refractivity contribution >= 4 is 33.8 Å². The van der Waals surface area contributed by atoms with E-state index in [-0.39, 0.29) is 17.0 Å². The number of hydrogen-bond donors (Lipinski definition) is 2. The van der Waals surface area contributed by atoms with Crippen LogP contribution in [0.15, 0.2) is 18.2 Å². The average Bonchev–Trinajstić information content (AvgIpc) is 2.97. The molecular weight excluding hydrogens is 382 g/mol. The number of hydrogen-bond acceptors (Lipinski definition) is 6. The molecule has 1 aliphatic rings. The lowest BCUT2D eigenvalue weighted by atomic mass is 9.96. The number of benzene rings is 1. The summed E-state index contributed by atoms with van der Waals surface area (Å²) in [6, 6.07) is 3.96. The number of primary amides is 1. The molecule has 8 nitrogen and oxygen atoms in total. The second kappa shape index (κ2) is 8.39. The van der Waals surface area contributed by atoms with Gasteiger partial charge in [-0.3, -0.25) is 19.7 Å². The average molecular weight is 403 g/mol. The van der Waals surface area contributed by atoms with Gasteiger partial charge in [0.2, 0.25) is 0 Å². The Hall–Kier alpha value is -2.94. The molecule has 2 aromatic rings. The van der Waals surface area contributed by atoms with Crippen LogP contribution in [-0.2, 0) is 12.8 Å². The zero-order valence-electron chi connectivity index (χ0n) is 15.4. The van der Waals surface area contributed by atoms with Gasteiger partial charge in [0.1, 0.15) is 5.00 Å². The van der Waals surface area contributed by atoms with Crippen molar-refractivity contribution in [2.45, 2.75) is 38.5 Å². The van der Waals surface area contributed by atoms with E-state index in [1.807, 2.05) is 0 Å². The molecule has 148 valence electrons. The van der Waals surface area contributed by atoms with E-state index in [0.717, 1.165) is 55.0 Å². The third kappa shape index (κ3) is 3.99. The Bertz CT molecular complexity index is 938. The lowest BCUT2D eigenvalue weighted by Gasteiger charge is -2.10. The molecule has 3 N–H and O–H groups in total. The van der Waals surface area contributed by atoms with Gasteiger partial charge in [-0.05, 0) is 43.4 Å². The Morgan fingerprint density at radius 3 is 2.57 bits per heavy atom. The molecule has 2 amide bonds. The fraction of sp³-hybridized carbons (Fsp3) is 0.368. The van der Waals surface area contributed by atoms with Crippen LogP contribution in [0.4, 0.5) is 10.7 Å². The topological polar surface area (TPSA) is 125 Å². The Morgan fingerprint density at radius 1 is 1.21 bits per heavy atom. The summed E-state index contributed by atoms with van der Waals surface area (Å²) in [4.78, 5) is 36.4. The summed E-state index contributed by atoms with van der Waals surface area (Å²) in [7, 11) is 1.32. The summed E-state index contributed by atoms with van der Waals surface area (Å²) >= 11 is 1.36. The number of carbonyl (C=O) groups excluding carboxylic acids is 2. The highest BCUT2D eigenvalue weighted by Crippen LogP contribution is 2.37. The van der Waals surface area contributed by atoms with E-state index < -0.39 is 16.7 Å². The number of nitrogens with zero attached hydrogens (tertiary/aromatic N) is 1. The first-order valence-electron chi connectivity index (χ1n) is 9.00. The minimum atomic E-state index is -0.610. The van der Waals surface area contributed by atoms with Crippen molar-refractivity contribution in [2.75, 3.05) is 12.4 Å². The van der Waals surface area contributed by atoms with Crippen molar-refractivity contribution in [2.24, 2.45) is 5.73 Å². The third-order valence-electron chi connectivity index (χ3n) is 4.78. The van der Waals surface area contributed by atoms with Crippen molar-refractivity contribution in [3.63, 3.8) is 0 Å². The molecule has 0 bridgehead atoms. The lowest BCUT2D eigenvalue weighted by Crippen LogP contribution is -2.18. The molecule has 0 saturated carbocycles. The predicted molar refractivity (Wildman–Crippen MR) is 106 cm³/mol. The molecule has 1 aliphatic carbocycles. The fourth-order valence-electron chi connectivity index (χ4n) is 3.42. The van der Waals surface area contributed by atoms with Crippen LogP contribution in [0.5, 0.6) is 5.75 Å². The van der Waals surface area contributed by atoms with Gasteiger partial charge in [0.25, 0.3) is 11.8 Å². The number of nitrogens with two attached hydrogens (primary N) is 1. The normalized spacial score (nSPS) is 13.8. The number of fused-ring (bicyclic) bond motifs is 1. The zero-order chi connectivity index (χ0) is 20.3. The van der Waals surface area contributed by atoms with Crippen LogP contribution >= 0.6 is 11.3 Å². The van der Waals surface area contributed by atoms with Crippen molar-refractivity contribution in [3.8, 4) is 5.75 Å². The number of anilines is 1. The lowest BCUT2D eigenvalue weighted by molar-refractivity contribution is -0.385. The predicted octanol–water partition coefficient (Wildman–Crippen LogP) is 3.68. The van der Waals surface area contributed by atoms with Gasteiger partial charge in [-0.15, -0.1) is 11.3 Å². The molecule has 0 fully saturated rings. The Balaban J connectivity index is 1.94. The number of nitro groups is 1. The van der Waals surface area contributed by atoms with E-state index in [1.54, 1.807) is 0 Å². The summed E-state index contributed by atoms with van der Waals surface area (Å²) in [5.41, 5.74) is 6.68. The van der Waals surface area contributed by atoms with Gasteiger partial charge in [-0.2, -0.15) is 0 Å². The monoisotopic (exact) mass is 403 g/mol. The number of rotatable bonds is 5. The van der Waals surface area contributed by atoms with E-state index in [4.69, 9.17) is 10.5 Å². The molecule has 0 atom stereocenters. The van der Waals surface area contributed by atoms with Crippen LogP contribution in [-0.4, -0.2) is 23.8 Å². The molecule has 0 aliphatic heterocycles. The first kappa shape index (κ1) is 19.8. The van der Waals surface area contributed by atoms with E-state index in [2.05, 4.69) is 5.32 Å². The molecule has 1 heterocycles. The number of amides is 2. The Morgan fingerprint density at radius 2 is 1.93 bits per heavy atom. The zero-order valence-corrected chi connectivity index (χ0v) is 16.3. The maximum Gasteiger partial charge on any atom is 0.311 e. The van der Waals surface area contributed by atoms with Crippen molar-refractivity contribution in [3.05, 3.63) is 49.9 Å². The van der Waals surface area contributed by atoms with Gasteiger partial charge in [-0.25, -0.2) is 0 Å². The minimum Gasteiger partial charge on any atom is -0.490 e. The number of ether oxygens (including phenoxy) is 1. The Labute approximate surface area is 165 Å². The van der Waals surface area contributed by atoms with Crippen molar-refractivity contribution in [1.29, 1.82) is 0 Å². The van der Waals surface area contributed by atoms with Crippen LogP contribution in [0.1, 0.15) is 56.8 Å². The summed E-state index contributed by atoms with van der Waals surface area (Å²) in [5.74, 6) is -1.05. The molecule has 1 aromatic heterocycles. The molecular formula is C19H21N3O5S. The molecule has 28 heavy (non-hydrogen) atoms. The SMILES string of the molecule is COc1ccc(C(=O)Nc2sc3c(c2C(N)=O)CCCCCC3)cc1[N+](=O)[O-]. The molecule has 0 unspecified atom stereocenters. The number of methoxy groups -OCH3 is 1. The number of nitro benzene ring substituents is 1. The van der Waals surface area contributed by atoms with Crippen LogP contribution in [0.2, 0.25) is 0 Å². The Kier molecular flexibility index (Phi) is 5.93. The summed E-state index contributed by atoms with van der Waals surface area (Å²) in [6.07, 6.45) is 5.86. The highest BCUT2D eigenvalue weighted by atomic mass is 32.1. The van der Waals surface area contributed by atoms with E-state index in [1.165, 1.54) is 30.6 Å². The second-order valence-electron chi connectivity index (χ2n) is 6.58. The highest BCUT2D eigenvalue weighted by molar-refractivity contribution is 7.17. The molecule has 1 aromatic carbocycles. The van der Waals surface area contributed by atoms with Gasteiger partial charge in [0.15, 0.2) is 5.75 Å². The van der Waals surface area contributed by atoms with Crippen LogP contribution in [0.25, 0.3) is 0 Å². The first-order valence-corrected chi connectivity index (χ1v) is 9.82. The van der Waals surface area contributed by atoms with Gasteiger partial charge in [0, 0.05) is 16.5 Å². The second-order valence-corrected chi connectivity index (χ2v) is 7.69. The van der Waals surface area contributed by atoms with E-state index >= 15 is 0 Å². The molecule has 0 saturated heterocycles. The third-order valence-corrected chi connectivity index (χ3v) is 5.99. The standard InChI is InChI=1S/C19H21N3O5S/c1-27-14-9-8-11(10-13(14)22(25)26)18(24)21-19-16(17(20)23)12-6-4-2-3-5-7-15(12)28-19/h8-10H,2-7H2,1H3,(H2,20,23)(H,21,24). The maximum atomic E-state index is 12.7. The summed E-state index contributed by atoms with van der Waals surface area (Å²) in [6.45, 7) is 0. The summed E-state index contributed by atoms with van der Waals surface area (Å²) < 4.78 is 4.96. The number of aryl methyl sites for hydroxylation is 1. The number of carbonyl (C=O) groups is 2. The van der Waals surface area contributed by atoms with Crippen LogP contribution in [0.3, 0.4) is 0 Å². The van der Waals surface area contributed by atoms with Gasteiger partial charge in [-0.1, -0.05) is 12.8 Å². The van der Waals surface area contributed by atoms with E-state index in [9.17, 15) is 19.7 Å². The van der Waals surface area contributed by atoms with Crippen LogP contribution in [0, 0.1) is 10.1 Å². The minimum absolute atomic E-state index is 0.0680. The first-order chi connectivity index (χ1) is 13.4. The van der Waals surface area contributed by atoms with Gasteiger partial charge >= 0.3 is 5.69 Å². The molecule has 0 spiro atoms. The highest BCUT2D eigenvalue weighted by Gasteiger charge is 2.25. The van der Waals surface area contributed by atoms with Crippen LogP contribution < -0.4 is 15.8 Å². The number of thiophene rings is 1. The van der Waals surface area contributed by atoms with Crippen molar-refractivity contribution in [1.82, 2.24) is 0 Å². The smallest absolute Gasteiger partial charge is 0.311 e. The summed E-state index contributed by atoms with van der Waals surface area (Å²) in [5, 5.41) is 14.3. The molecule has 3 rings (SSSR count). The molecule has 9 heteroatoms. The van der Waals surface area contributed by atoms with Gasteiger partial charge < -0.3 is 15.8 Å². The largest absolute Gasteiger partial charge is 0.490 e. The number of nitrogens with one attached hydrogen (secondary N) is 1. The van der Waals surface area contributed by atoms with Gasteiger partial charge in [0.05, 0.1) is 17.6 Å². The van der Waals surface area contributed by atoms with E-state index in [0.29, 0.717) is 10.6 Å².